The van der Waals surface area contributed by atoms with Gasteiger partial charge in [-0.15, -0.1) is 0 Å². The van der Waals surface area contributed by atoms with Gasteiger partial charge in [-0.2, -0.15) is 0 Å². The zero-order valence-corrected chi connectivity index (χ0v) is 13.8. The molecule has 0 radical (unpaired) electrons. The van der Waals surface area contributed by atoms with Crippen molar-refractivity contribution in [3.63, 3.8) is 0 Å². The van der Waals surface area contributed by atoms with Gasteiger partial charge in [-0.1, -0.05) is 12.1 Å². The topological polar surface area (TPSA) is 44.8 Å². The van der Waals surface area contributed by atoms with Crippen molar-refractivity contribution in [2.75, 3.05) is 39.8 Å². The van der Waals surface area contributed by atoms with Gasteiger partial charge in [0, 0.05) is 32.7 Å². The number of nitrogens with one attached hydrogen (secondary N) is 1. The number of hydrogen-bond donors (Lipinski definition) is 1. The lowest BCUT2D eigenvalue weighted by Gasteiger charge is -2.29. The zero-order valence-electron chi connectivity index (χ0n) is 13.8. The van der Waals surface area contributed by atoms with Gasteiger partial charge < -0.3 is 15.0 Å². The molecule has 0 saturated carbocycles. The molecule has 1 aliphatic rings. The van der Waals surface area contributed by atoms with Crippen molar-refractivity contribution >= 4 is 5.91 Å². The van der Waals surface area contributed by atoms with Crippen LogP contribution in [0.3, 0.4) is 0 Å². The molecule has 0 aromatic heterocycles. The third-order valence-electron chi connectivity index (χ3n) is 3.62. The minimum absolute atomic E-state index is 0.185. The first kappa shape index (κ1) is 16.8. The average Bonchev–Trinajstić information content (AvgIpc) is 2.49. The summed E-state index contributed by atoms with van der Waals surface area (Å²) < 4.78 is 5.64. The van der Waals surface area contributed by atoms with Gasteiger partial charge in [0.05, 0.1) is 12.6 Å². The van der Waals surface area contributed by atoms with Crippen LogP contribution >= 0.6 is 0 Å². The summed E-state index contributed by atoms with van der Waals surface area (Å²) in [6, 6.07) is 8.09. The van der Waals surface area contributed by atoms with Crippen LogP contribution in [0.15, 0.2) is 24.3 Å². The van der Waals surface area contributed by atoms with Gasteiger partial charge in [0.25, 0.3) is 0 Å². The van der Waals surface area contributed by atoms with Crippen LogP contribution in [0.2, 0.25) is 0 Å². The molecule has 1 aromatic rings. The lowest BCUT2D eigenvalue weighted by molar-refractivity contribution is -0.132. The summed E-state index contributed by atoms with van der Waals surface area (Å²) in [4.78, 5) is 16.2. The van der Waals surface area contributed by atoms with Gasteiger partial charge in [-0.05, 0) is 38.6 Å². The highest BCUT2D eigenvalue weighted by molar-refractivity contribution is 5.78. The van der Waals surface area contributed by atoms with Crippen molar-refractivity contribution in [1.82, 2.24) is 15.1 Å². The first-order valence-electron chi connectivity index (χ1n) is 7.97. The maximum atomic E-state index is 12.2. The second kappa shape index (κ2) is 8.15. The van der Waals surface area contributed by atoms with E-state index < -0.39 is 0 Å². The second-order valence-electron chi connectivity index (χ2n) is 6.11. The molecule has 1 aromatic carbocycles. The highest BCUT2D eigenvalue weighted by Crippen LogP contribution is 2.14. The molecule has 22 heavy (non-hydrogen) atoms. The summed E-state index contributed by atoms with van der Waals surface area (Å²) in [6.45, 7) is 8.68. The Bertz CT molecular complexity index is 467. The van der Waals surface area contributed by atoms with Crippen LogP contribution in [-0.4, -0.2) is 61.6 Å². The zero-order chi connectivity index (χ0) is 15.9. The highest BCUT2D eigenvalue weighted by Gasteiger charge is 2.17. The van der Waals surface area contributed by atoms with E-state index in [1.807, 2.05) is 37.9 Å². The van der Waals surface area contributed by atoms with Crippen molar-refractivity contribution in [2.45, 2.75) is 26.5 Å². The lowest BCUT2D eigenvalue weighted by Crippen LogP contribution is -2.49. The summed E-state index contributed by atoms with van der Waals surface area (Å²) in [7, 11) is 1.98. The third kappa shape index (κ3) is 5.31. The van der Waals surface area contributed by atoms with E-state index in [9.17, 15) is 4.79 Å². The number of likely N-dealkylation sites (N-methyl/N-ethyl adjacent to an activating group) is 1. The van der Waals surface area contributed by atoms with Crippen LogP contribution in [0.25, 0.3) is 0 Å². The number of rotatable bonds is 6. The van der Waals surface area contributed by atoms with Crippen LogP contribution in [0.4, 0.5) is 0 Å². The SMILES string of the molecule is CC(C)Oc1ccc(CN(C)CC(=O)N2CCNCC2)cc1. The van der Waals surface area contributed by atoms with Crippen molar-refractivity contribution < 1.29 is 9.53 Å². The van der Waals surface area contributed by atoms with E-state index in [1.54, 1.807) is 0 Å². The van der Waals surface area contributed by atoms with Gasteiger partial charge >= 0.3 is 0 Å². The average molecular weight is 305 g/mol. The number of benzene rings is 1. The number of amides is 1. The second-order valence-corrected chi connectivity index (χ2v) is 6.11. The number of piperazine rings is 1. The quantitative estimate of drug-likeness (QED) is 0.861. The first-order valence-corrected chi connectivity index (χ1v) is 7.97. The van der Waals surface area contributed by atoms with Crippen LogP contribution in [0.5, 0.6) is 5.75 Å². The summed E-state index contributed by atoms with van der Waals surface area (Å²) in [5.41, 5.74) is 1.19. The molecule has 2 rings (SSSR count). The van der Waals surface area contributed by atoms with Crippen molar-refractivity contribution in [3.8, 4) is 5.75 Å². The van der Waals surface area contributed by atoms with Gasteiger partial charge in [0.1, 0.15) is 5.75 Å². The number of carbonyl (C=O) groups is 1. The maximum absolute atomic E-state index is 12.2. The van der Waals surface area contributed by atoms with E-state index in [1.165, 1.54) is 5.56 Å². The Morgan fingerprint density at radius 2 is 1.91 bits per heavy atom. The van der Waals surface area contributed by atoms with Gasteiger partial charge in [-0.3, -0.25) is 9.69 Å². The molecule has 1 aliphatic heterocycles. The Morgan fingerprint density at radius 1 is 1.27 bits per heavy atom. The standard InChI is InChI=1S/C17H27N3O2/c1-14(2)22-16-6-4-15(5-7-16)12-19(3)13-17(21)20-10-8-18-9-11-20/h4-7,14,18H,8-13H2,1-3H3. The first-order chi connectivity index (χ1) is 10.5. The van der Waals surface area contributed by atoms with Gasteiger partial charge in [0.2, 0.25) is 5.91 Å². The molecule has 0 bridgehead atoms. The monoisotopic (exact) mass is 305 g/mol. The third-order valence-corrected chi connectivity index (χ3v) is 3.62. The van der Waals surface area contributed by atoms with Gasteiger partial charge in [0.15, 0.2) is 0 Å². The molecule has 0 spiro atoms. The highest BCUT2D eigenvalue weighted by atomic mass is 16.5. The minimum Gasteiger partial charge on any atom is -0.491 e. The number of carbonyl (C=O) groups excluding carboxylic acids is 1. The van der Waals surface area contributed by atoms with Gasteiger partial charge in [-0.25, -0.2) is 0 Å². The lowest BCUT2D eigenvalue weighted by atomic mass is 10.2. The molecular formula is C17H27N3O2. The fraction of sp³-hybridized carbons (Fsp3) is 0.588. The number of nitrogens with zero attached hydrogens (tertiary/aromatic N) is 2. The molecule has 1 saturated heterocycles. The Labute approximate surface area is 133 Å². The van der Waals surface area contributed by atoms with Crippen molar-refractivity contribution in [1.29, 1.82) is 0 Å². The Kier molecular flexibility index (Phi) is 6.21. The Hall–Kier alpha value is -1.59. The van der Waals surface area contributed by atoms with E-state index in [4.69, 9.17) is 4.74 Å². The van der Waals surface area contributed by atoms with Crippen molar-refractivity contribution in [2.24, 2.45) is 0 Å². The molecule has 0 atom stereocenters. The summed E-state index contributed by atoms with van der Waals surface area (Å²) >= 11 is 0. The van der Waals surface area contributed by atoms with Crippen LogP contribution in [0, 0.1) is 0 Å². The smallest absolute Gasteiger partial charge is 0.236 e. The number of ether oxygens (including phenoxy) is 1. The molecule has 1 amide bonds. The predicted molar refractivity (Wildman–Crippen MR) is 88.0 cm³/mol. The number of hydrogen-bond acceptors (Lipinski definition) is 4. The molecule has 5 heteroatoms. The summed E-state index contributed by atoms with van der Waals surface area (Å²) in [5, 5.41) is 3.26. The van der Waals surface area contributed by atoms with Crippen molar-refractivity contribution in [3.05, 3.63) is 29.8 Å². The molecule has 122 valence electrons. The Morgan fingerprint density at radius 3 is 2.50 bits per heavy atom. The van der Waals surface area contributed by atoms with E-state index in [-0.39, 0.29) is 12.0 Å². The minimum atomic E-state index is 0.185. The largest absolute Gasteiger partial charge is 0.491 e. The molecule has 1 fully saturated rings. The predicted octanol–water partition coefficient (Wildman–Crippen LogP) is 1.34. The van der Waals surface area contributed by atoms with E-state index in [0.717, 1.165) is 38.5 Å². The summed E-state index contributed by atoms with van der Waals surface area (Å²) in [6.07, 6.45) is 0.185. The van der Waals surface area contributed by atoms with Crippen LogP contribution in [0.1, 0.15) is 19.4 Å². The van der Waals surface area contributed by atoms with Crippen LogP contribution in [-0.2, 0) is 11.3 Å². The molecule has 1 N–H and O–H groups in total. The summed E-state index contributed by atoms with van der Waals surface area (Å²) in [5.74, 6) is 1.10. The molecule has 0 unspecified atom stereocenters. The molecular weight excluding hydrogens is 278 g/mol. The Balaban J connectivity index is 1.80. The van der Waals surface area contributed by atoms with E-state index >= 15 is 0 Å². The van der Waals surface area contributed by atoms with Crippen LogP contribution < -0.4 is 10.1 Å². The fourth-order valence-electron chi connectivity index (χ4n) is 2.56. The van der Waals surface area contributed by atoms with E-state index in [2.05, 4.69) is 22.3 Å². The fourth-order valence-corrected chi connectivity index (χ4v) is 2.56. The molecule has 1 heterocycles. The molecule has 5 nitrogen and oxygen atoms in total. The molecule has 0 aliphatic carbocycles. The van der Waals surface area contributed by atoms with E-state index in [0.29, 0.717) is 6.54 Å². The maximum Gasteiger partial charge on any atom is 0.236 e. The normalized spacial score (nSPS) is 15.4.